The van der Waals surface area contributed by atoms with Crippen LogP contribution >= 0.6 is 11.6 Å². The number of piperidine rings is 1. The first-order chi connectivity index (χ1) is 20.6. The van der Waals surface area contributed by atoms with E-state index >= 15 is 4.39 Å². The van der Waals surface area contributed by atoms with Crippen LogP contribution < -0.4 is 14.4 Å². The first kappa shape index (κ1) is 27.7. The quantitative estimate of drug-likeness (QED) is 0.175. The van der Waals surface area contributed by atoms with Crippen molar-refractivity contribution in [3.63, 3.8) is 0 Å². The van der Waals surface area contributed by atoms with E-state index in [0.29, 0.717) is 47.8 Å². The minimum absolute atomic E-state index is 0.312. The molecule has 5 nitrogen and oxygen atoms in total. The minimum atomic E-state index is -0.316. The molecule has 0 aliphatic carbocycles. The number of hydrogen-bond acceptors (Lipinski definition) is 5. The Morgan fingerprint density at radius 3 is 2.07 bits per heavy atom. The van der Waals surface area contributed by atoms with Crippen LogP contribution in [0, 0.1) is 5.82 Å². The fourth-order valence-corrected chi connectivity index (χ4v) is 5.38. The number of halogens is 2. The van der Waals surface area contributed by atoms with Crippen molar-refractivity contribution in [2.75, 3.05) is 18.0 Å². The van der Waals surface area contributed by atoms with Crippen LogP contribution in [-0.4, -0.2) is 23.1 Å². The molecule has 0 saturated carbocycles. The van der Waals surface area contributed by atoms with Gasteiger partial charge in [0.15, 0.2) is 0 Å². The molecule has 1 aliphatic rings. The second-order valence-electron chi connectivity index (χ2n) is 10.4. The molecule has 6 rings (SSSR count). The van der Waals surface area contributed by atoms with Crippen LogP contribution in [0.5, 0.6) is 11.8 Å². The third-order valence-corrected chi connectivity index (χ3v) is 7.82. The summed E-state index contributed by atoms with van der Waals surface area (Å²) in [6, 6.07) is 32.8. The van der Waals surface area contributed by atoms with Crippen molar-refractivity contribution in [1.82, 2.24) is 9.97 Å². The molecule has 7 heteroatoms. The predicted molar refractivity (Wildman–Crippen MR) is 165 cm³/mol. The highest BCUT2D eigenvalue weighted by Crippen LogP contribution is 2.35. The topological polar surface area (TPSA) is 47.5 Å². The van der Waals surface area contributed by atoms with Gasteiger partial charge in [-0.2, -0.15) is 4.98 Å². The summed E-state index contributed by atoms with van der Waals surface area (Å²) < 4.78 is 27.7. The van der Waals surface area contributed by atoms with Crippen LogP contribution in [0.15, 0.2) is 109 Å². The molecule has 0 spiro atoms. The van der Waals surface area contributed by atoms with Crippen molar-refractivity contribution < 1.29 is 13.9 Å². The lowest BCUT2D eigenvalue weighted by molar-refractivity contribution is 0.268. The number of pyridine rings is 2. The molecular weight excluding hydrogens is 549 g/mol. The van der Waals surface area contributed by atoms with Crippen LogP contribution in [-0.2, 0) is 13.2 Å². The molecule has 1 fully saturated rings. The van der Waals surface area contributed by atoms with E-state index in [1.807, 2.05) is 78.9 Å². The van der Waals surface area contributed by atoms with Gasteiger partial charge in [0.2, 0.25) is 11.8 Å². The normalized spacial score (nSPS) is 13.6. The van der Waals surface area contributed by atoms with E-state index in [4.69, 9.17) is 21.1 Å². The lowest BCUT2D eigenvalue weighted by Gasteiger charge is -2.34. The van der Waals surface area contributed by atoms with Gasteiger partial charge in [-0.1, -0.05) is 84.4 Å². The van der Waals surface area contributed by atoms with E-state index in [1.54, 1.807) is 12.3 Å². The molecule has 3 heterocycles. The number of aromatic nitrogens is 2. The fourth-order valence-electron chi connectivity index (χ4n) is 5.26. The minimum Gasteiger partial charge on any atom is -0.473 e. The molecule has 0 unspecified atom stereocenters. The second kappa shape index (κ2) is 13.0. The summed E-state index contributed by atoms with van der Waals surface area (Å²) in [5.41, 5.74) is 4.88. The van der Waals surface area contributed by atoms with E-state index in [-0.39, 0.29) is 5.82 Å². The van der Waals surface area contributed by atoms with E-state index in [0.717, 1.165) is 42.1 Å². The molecule has 0 atom stereocenters. The maximum atomic E-state index is 15.6. The van der Waals surface area contributed by atoms with E-state index in [2.05, 4.69) is 27.0 Å². The Morgan fingerprint density at radius 2 is 1.43 bits per heavy atom. The van der Waals surface area contributed by atoms with Gasteiger partial charge < -0.3 is 14.4 Å². The van der Waals surface area contributed by atoms with Gasteiger partial charge in [0, 0.05) is 30.2 Å². The molecule has 0 N–H and O–H groups in total. The summed E-state index contributed by atoms with van der Waals surface area (Å²) in [7, 11) is 0. The van der Waals surface area contributed by atoms with Gasteiger partial charge in [0.1, 0.15) is 19.0 Å². The van der Waals surface area contributed by atoms with Crippen molar-refractivity contribution >= 4 is 17.3 Å². The Labute approximate surface area is 250 Å². The summed E-state index contributed by atoms with van der Waals surface area (Å²) in [4.78, 5) is 11.4. The largest absolute Gasteiger partial charge is 0.473 e. The lowest BCUT2D eigenvalue weighted by Crippen LogP contribution is -2.33. The Kier molecular flexibility index (Phi) is 8.61. The van der Waals surface area contributed by atoms with Gasteiger partial charge in [-0.15, -0.1) is 0 Å². The van der Waals surface area contributed by atoms with Gasteiger partial charge in [-0.3, -0.25) is 4.98 Å². The zero-order valence-corrected chi connectivity index (χ0v) is 23.9. The Morgan fingerprint density at radius 1 is 0.786 bits per heavy atom. The van der Waals surface area contributed by atoms with Crippen LogP contribution in [0.25, 0.3) is 11.3 Å². The van der Waals surface area contributed by atoms with Crippen molar-refractivity contribution in [3.05, 3.63) is 137 Å². The maximum absolute atomic E-state index is 15.6. The highest BCUT2D eigenvalue weighted by Gasteiger charge is 2.24. The van der Waals surface area contributed by atoms with Gasteiger partial charge in [0.25, 0.3) is 0 Å². The molecule has 5 aromatic rings. The first-order valence-electron chi connectivity index (χ1n) is 14.1. The van der Waals surface area contributed by atoms with Crippen molar-refractivity contribution in [3.8, 4) is 23.0 Å². The molecule has 2 aromatic heterocycles. The van der Waals surface area contributed by atoms with Crippen LogP contribution in [0.4, 0.5) is 10.1 Å². The summed E-state index contributed by atoms with van der Waals surface area (Å²) in [5, 5.41) is 0.739. The number of hydrogen-bond donors (Lipinski definition) is 0. The monoisotopic (exact) mass is 579 g/mol. The zero-order chi connectivity index (χ0) is 28.7. The van der Waals surface area contributed by atoms with E-state index in [9.17, 15) is 0 Å². The van der Waals surface area contributed by atoms with Gasteiger partial charge in [-0.05, 0) is 53.6 Å². The van der Waals surface area contributed by atoms with Crippen molar-refractivity contribution in [2.45, 2.75) is 32.0 Å². The summed E-state index contributed by atoms with van der Waals surface area (Å²) in [5.74, 6) is 0.884. The third kappa shape index (κ3) is 6.72. The molecule has 0 radical (unpaired) electrons. The van der Waals surface area contributed by atoms with Crippen LogP contribution in [0.3, 0.4) is 0 Å². The molecular formula is C35H31ClFN3O2. The second-order valence-corrected chi connectivity index (χ2v) is 10.8. The van der Waals surface area contributed by atoms with Gasteiger partial charge in [0.05, 0.1) is 23.1 Å². The molecule has 1 saturated heterocycles. The fraction of sp³-hybridized carbons (Fsp3) is 0.200. The summed E-state index contributed by atoms with van der Waals surface area (Å²) in [6.45, 7) is 2.20. The predicted octanol–water partition coefficient (Wildman–Crippen LogP) is 8.48. The number of benzene rings is 3. The lowest BCUT2D eigenvalue weighted by atomic mass is 9.89. The van der Waals surface area contributed by atoms with Crippen LogP contribution in [0.2, 0.25) is 5.02 Å². The first-order valence-corrected chi connectivity index (χ1v) is 14.5. The van der Waals surface area contributed by atoms with E-state index < -0.39 is 0 Å². The third-order valence-electron chi connectivity index (χ3n) is 7.57. The molecule has 0 amide bonds. The Bertz CT molecular complexity index is 1610. The molecule has 42 heavy (non-hydrogen) atoms. The highest BCUT2D eigenvalue weighted by molar-refractivity contribution is 6.30. The number of ether oxygens (including phenoxy) is 2. The van der Waals surface area contributed by atoms with Gasteiger partial charge >= 0.3 is 0 Å². The standard InChI is InChI=1S/C35H31ClFN3O2/c36-29-13-11-27(12-14-29)28-17-19-40(20-18-28)33-22-38-32(21-31(33)37)30-15-16-34(41-23-25-7-3-1-4-8-25)39-35(30)42-24-26-9-5-2-6-10-26/h1-16,21-22,28H,17-20,23-24H2. The number of rotatable bonds is 9. The molecule has 0 bridgehead atoms. The summed E-state index contributed by atoms with van der Waals surface area (Å²) in [6.07, 6.45) is 3.50. The molecule has 3 aromatic carbocycles. The molecule has 1 aliphatic heterocycles. The SMILES string of the molecule is Fc1cc(-c2ccc(OCc3ccccc3)nc2OCc2ccccc2)ncc1N1CCC(c2ccc(Cl)cc2)CC1. The average Bonchev–Trinajstić information content (AvgIpc) is 3.04. The number of anilines is 1. The summed E-state index contributed by atoms with van der Waals surface area (Å²) >= 11 is 6.05. The average molecular weight is 580 g/mol. The Hall–Kier alpha value is -4.42. The number of nitrogens with zero attached hydrogens (tertiary/aromatic N) is 3. The van der Waals surface area contributed by atoms with Crippen molar-refractivity contribution in [1.29, 1.82) is 0 Å². The van der Waals surface area contributed by atoms with Crippen molar-refractivity contribution in [2.24, 2.45) is 0 Å². The highest BCUT2D eigenvalue weighted by atomic mass is 35.5. The van der Waals surface area contributed by atoms with Crippen LogP contribution in [0.1, 0.15) is 35.4 Å². The Balaban J connectivity index is 1.20. The van der Waals surface area contributed by atoms with Gasteiger partial charge in [-0.25, -0.2) is 4.39 Å². The molecule has 212 valence electrons. The maximum Gasteiger partial charge on any atom is 0.226 e. The zero-order valence-electron chi connectivity index (χ0n) is 23.1. The van der Waals surface area contributed by atoms with E-state index in [1.165, 1.54) is 11.6 Å². The smallest absolute Gasteiger partial charge is 0.226 e.